The lowest BCUT2D eigenvalue weighted by molar-refractivity contribution is 1.26. The van der Waals surface area contributed by atoms with Crippen molar-refractivity contribution in [2.45, 2.75) is 6.92 Å². The number of rotatable bonds is 0. The molecule has 0 bridgehead atoms. The molecule has 2 rings (SSSR count). The molecule has 0 amide bonds. The normalized spacial score (nSPS) is 10.3. The van der Waals surface area contributed by atoms with Gasteiger partial charge in [0.1, 0.15) is 0 Å². The molecule has 0 spiro atoms. The highest BCUT2D eigenvalue weighted by Gasteiger charge is 1.91. The minimum atomic E-state index is 1.02. The van der Waals surface area contributed by atoms with E-state index >= 15 is 0 Å². The van der Waals surface area contributed by atoms with Gasteiger partial charge in [0.15, 0.2) is 0 Å². The maximum absolute atomic E-state index is 4.34. The summed E-state index contributed by atoms with van der Waals surface area (Å²) in [5.41, 5.74) is 2.07. The van der Waals surface area contributed by atoms with Gasteiger partial charge in [-0.2, -0.15) is 0 Å². The maximum Gasteiger partial charge on any atom is 0.0711 e. The SMILES string of the molecule is Cc1ccc2[c]cccc2n1. The highest BCUT2D eigenvalue weighted by Crippen LogP contribution is 2.09. The quantitative estimate of drug-likeness (QED) is 0.550. The highest BCUT2D eigenvalue weighted by atomic mass is 14.7. The molecule has 0 aliphatic carbocycles. The Kier molecular flexibility index (Phi) is 1.35. The molecule has 0 N–H and O–H groups in total. The first-order valence-corrected chi connectivity index (χ1v) is 3.60. The van der Waals surface area contributed by atoms with Crippen LogP contribution in [0.15, 0.2) is 30.3 Å². The minimum Gasteiger partial charge on any atom is -0.253 e. The molecule has 0 aliphatic heterocycles. The molecular formula is C10H8N. The Hall–Kier alpha value is -1.37. The molecule has 0 fully saturated rings. The van der Waals surface area contributed by atoms with Gasteiger partial charge in [-0.3, -0.25) is 4.98 Å². The van der Waals surface area contributed by atoms with Gasteiger partial charge in [0.25, 0.3) is 0 Å². The molecule has 1 heteroatoms. The van der Waals surface area contributed by atoms with Crippen molar-refractivity contribution in [2.75, 3.05) is 0 Å². The van der Waals surface area contributed by atoms with E-state index in [4.69, 9.17) is 0 Å². The van der Waals surface area contributed by atoms with Gasteiger partial charge in [-0.25, -0.2) is 0 Å². The van der Waals surface area contributed by atoms with Crippen molar-refractivity contribution < 1.29 is 0 Å². The number of nitrogens with zero attached hydrogens (tertiary/aromatic N) is 1. The van der Waals surface area contributed by atoms with Crippen molar-refractivity contribution in [2.24, 2.45) is 0 Å². The van der Waals surface area contributed by atoms with Crippen LogP contribution in [0.5, 0.6) is 0 Å². The summed E-state index contributed by atoms with van der Waals surface area (Å²) in [5.74, 6) is 0. The van der Waals surface area contributed by atoms with Crippen LogP contribution in [0.2, 0.25) is 0 Å². The van der Waals surface area contributed by atoms with E-state index in [2.05, 4.69) is 11.1 Å². The third-order valence-electron chi connectivity index (χ3n) is 1.65. The topological polar surface area (TPSA) is 12.9 Å². The van der Waals surface area contributed by atoms with Crippen LogP contribution in [0.3, 0.4) is 0 Å². The summed E-state index contributed by atoms with van der Waals surface area (Å²) in [7, 11) is 0. The van der Waals surface area contributed by atoms with Crippen molar-refractivity contribution in [3.8, 4) is 0 Å². The van der Waals surface area contributed by atoms with E-state index in [9.17, 15) is 0 Å². The molecule has 11 heavy (non-hydrogen) atoms. The van der Waals surface area contributed by atoms with E-state index in [0.29, 0.717) is 0 Å². The zero-order valence-electron chi connectivity index (χ0n) is 6.33. The first-order valence-electron chi connectivity index (χ1n) is 3.60. The maximum atomic E-state index is 4.34. The fourth-order valence-electron chi connectivity index (χ4n) is 1.10. The zero-order valence-corrected chi connectivity index (χ0v) is 6.33. The Morgan fingerprint density at radius 3 is 3.09 bits per heavy atom. The van der Waals surface area contributed by atoms with E-state index in [1.165, 1.54) is 0 Å². The highest BCUT2D eigenvalue weighted by molar-refractivity contribution is 5.77. The molecule has 1 aromatic heterocycles. The smallest absolute Gasteiger partial charge is 0.0711 e. The molecule has 1 radical (unpaired) electrons. The Morgan fingerprint density at radius 1 is 1.27 bits per heavy atom. The van der Waals surface area contributed by atoms with Crippen LogP contribution in [-0.2, 0) is 0 Å². The van der Waals surface area contributed by atoms with E-state index < -0.39 is 0 Å². The lowest BCUT2D eigenvalue weighted by Gasteiger charge is -1.95. The number of hydrogen-bond donors (Lipinski definition) is 0. The largest absolute Gasteiger partial charge is 0.253 e. The predicted molar refractivity (Wildman–Crippen MR) is 45.3 cm³/mol. The minimum absolute atomic E-state index is 1.02. The summed E-state index contributed by atoms with van der Waals surface area (Å²) in [6.07, 6.45) is 0. The van der Waals surface area contributed by atoms with Crippen molar-refractivity contribution in [3.63, 3.8) is 0 Å². The summed E-state index contributed by atoms with van der Waals surface area (Å²) in [5, 5.41) is 1.08. The van der Waals surface area contributed by atoms with E-state index in [1.807, 2.05) is 37.3 Å². The van der Waals surface area contributed by atoms with Crippen LogP contribution in [0, 0.1) is 13.0 Å². The standard InChI is InChI=1S/C10H8N/c1-8-6-7-9-4-2-3-5-10(9)11-8/h2-3,5-7H,1H3. The zero-order chi connectivity index (χ0) is 7.68. The van der Waals surface area contributed by atoms with Gasteiger partial charge in [0, 0.05) is 11.1 Å². The molecular weight excluding hydrogens is 134 g/mol. The second-order valence-corrected chi connectivity index (χ2v) is 2.56. The van der Waals surface area contributed by atoms with Gasteiger partial charge in [-0.05, 0) is 25.1 Å². The molecule has 2 aromatic rings. The number of fused-ring (bicyclic) bond motifs is 1. The Balaban J connectivity index is 2.83. The Morgan fingerprint density at radius 2 is 2.18 bits per heavy atom. The monoisotopic (exact) mass is 142 g/mol. The molecule has 0 atom stereocenters. The number of aryl methyl sites for hydroxylation is 1. The third-order valence-corrected chi connectivity index (χ3v) is 1.65. The van der Waals surface area contributed by atoms with E-state index in [0.717, 1.165) is 16.6 Å². The van der Waals surface area contributed by atoms with Crippen LogP contribution in [0.4, 0.5) is 0 Å². The van der Waals surface area contributed by atoms with Crippen molar-refractivity contribution in [3.05, 3.63) is 42.1 Å². The van der Waals surface area contributed by atoms with Gasteiger partial charge in [0.05, 0.1) is 5.52 Å². The van der Waals surface area contributed by atoms with Crippen LogP contribution < -0.4 is 0 Å². The van der Waals surface area contributed by atoms with Crippen LogP contribution in [-0.4, -0.2) is 4.98 Å². The van der Waals surface area contributed by atoms with Crippen LogP contribution in [0.1, 0.15) is 5.69 Å². The van der Waals surface area contributed by atoms with Gasteiger partial charge in [-0.1, -0.05) is 18.2 Å². The van der Waals surface area contributed by atoms with Gasteiger partial charge >= 0.3 is 0 Å². The van der Waals surface area contributed by atoms with Crippen LogP contribution >= 0.6 is 0 Å². The molecule has 0 aliphatic rings. The van der Waals surface area contributed by atoms with Gasteiger partial charge in [-0.15, -0.1) is 0 Å². The average molecular weight is 142 g/mol. The molecule has 1 heterocycles. The lowest BCUT2D eigenvalue weighted by Crippen LogP contribution is -1.81. The summed E-state index contributed by atoms with van der Waals surface area (Å²) >= 11 is 0. The van der Waals surface area contributed by atoms with E-state index in [1.54, 1.807) is 0 Å². The summed E-state index contributed by atoms with van der Waals surface area (Å²) in [6.45, 7) is 1.99. The third kappa shape index (κ3) is 1.09. The van der Waals surface area contributed by atoms with Gasteiger partial charge in [0.2, 0.25) is 0 Å². The molecule has 1 aromatic carbocycles. The predicted octanol–water partition coefficient (Wildman–Crippen LogP) is 2.34. The Labute approximate surface area is 65.7 Å². The molecule has 0 saturated carbocycles. The van der Waals surface area contributed by atoms with Crippen molar-refractivity contribution in [1.82, 2.24) is 4.98 Å². The molecule has 0 unspecified atom stereocenters. The number of benzene rings is 1. The summed E-state index contributed by atoms with van der Waals surface area (Å²) in [4.78, 5) is 4.34. The summed E-state index contributed by atoms with van der Waals surface area (Å²) < 4.78 is 0. The average Bonchev–Trinajstić information content (AvgIpc) is 2.04. The molecule has 53 valence electrons. The fraction of sp³-hybridized carbons (Fsp3) is 0.100. The van der Waals surface area contributed by atoms with E-state index in [-0.39, 0.29) is 0 Å². The molecule has 1 nitrogen and oxygen atoms in total. The first-order chi connectivity index (χ1) is 5.36. The van der Waals surface area contributed by atoms with Crippen molar-refractivity contribution >= 4 is 10.9 Å². The fourth-order valence-corrected chi connectivity index (χ4v) is 1.10. The molecule has 0 saturated heterocycles. The Bertz CT molecular complexity index is 379. The van der Waals surface area contributed by atoms with Crippen molar-refractivity contribution in [1.29, 1.82) is 0 Å². The second-order valence-electron chi connectivity index (χ2n) is 2.56. The van der Waals surface area contributed by atoms with Crippen LogP contribution in [0.25, 0.3) is 10.9 Å². The lowest BCUT2D eigenvalue weighted by atomic mass is 10.2. The number of aromatic nitrogens is 1. The number of hydrogen-bond acceptors (Lipinski definition) is 1. The van der Waals surface area contributed by atoms with Gasteiger partial charge < -0.3 is 0 Å². The number of pyridine rings is 1. The second kappa shape index (κ2) is 2.35. The summed E-state index contributed by atoms with van der Waals surface area (Å²) in [6, 6.07) is 13.0. The first kappa shape index (κ1) is 6.35.